The molecule has 0 unspecified atom stereocenters. The van der Waals surface area contributed by atoms with Crippen LogP contribution in [-0.4, -0.2) is 33.1 Å². The Balaban J connectivity index is 1.70. The number of thiazole rings is 1. The van der Waals surface area contributed by atoms with E-state index in [0.29, 0.717) is 16.4 Å². The van der Waals surface area contributed by atoms with Crippen LogP contribution in [-0.2, 0) is 17.9 Å². The summed E-state index contributed by atoms with van der Waals surface area (Å²) < 4.78 is 8.13. The summed E-state index contributed by atoms with van der Waals surface area (Å²) in [7, 11) is 0. The molecule has 0 aliphatic carbocycles. The van der Waals surface area contributed by atoms with Gasteiger partial charge in [0.1, 0.15) is 17.0 Å². The summed E-state index contributed by atoms with van der Waals surface area (Å²) in [5, 5.41) is 3.48. The van der Waals surface area contributed by atoms with Crippen molar-refractivity contribution in [3.8, 4) is 0 Å². The van der Waals surface area contributed by atoms with Crippen LogP contribution in [0.5, 0.6) is 0 Å². The number of fused-ring (bicyclic) bond motifs is 1. The number of rotatable bonds is 6. The summed E-state index contributed by atoms with van der Waals surface area (Å²) in [6, 6.07) is 3.17. The Kier molecular flexibility index (Phi) is 5.99. The maximum Gasteiger partial charge on any atom is 0.333 e. The number of carbonyl (C=O) groups is 1. The van der Waals surface area contributed by atoms with Crippen LogP contribution in [0.3, 0.4) is 0 Å². The first-order valence-corrected chi connectivity index (χ1v) is 11.4. The zero-order chi connectivity index (χ0) is 22.1. The number of aromatic nitrogens is 3. The lowest BCUT2D eigenvalue weighted by atomic mass is 10.00. The van der Waals surface area contributed by atoms with Crippen molar-refractivity contribution in [2.45, 2.75) is 52.7 Å². The van der Waals surface area contributed by atoms with Crippen LogP contribution in [0.2, 0.25) is 0 Å². The van der Waals surface area contributed by atoms with Gasteiger partial charge in [0.2, 0.25) is 5.91 Å². The average Bonchev–Trinajstić information content (AvgIpc) is 3.40. The Morgan fingerprint density at radius 1 is 1.32 bits per heavy atom. The minimum Gasteiger partial charge on any atom is -0.467 e. The van der Waals surface area contributed by atoms with Crippen molar-refractivity contribution in [1.29, 1.82) is 0 Å². The van der Waals surface area contributed by atoms with E-state index in [1.54, 1.807) is 26.0 Å². The van der Waals surface area contributed by atoms with Crippen molar-refractivity contribution >= 4 is 32.7 Å². The second-order valence-electron chi connectivity index (χ2n) is 8.31. The van der Waals surface area contributed by atoms with Gasteiger partial charge in [-0.15, -0.1) is 0 Å². The molecule has 1 N–H and O–H groups in total. The quantitative estimate of drug-likeness (QED) is 0.625. The molecule has 1 aliphatic rings. The number of hydrogen-bond donors (Lipinski definition) is 1. The SMILES string of the molecule is CC1CCN(c2nc3c(s2)c(=O)n(C(C)C)c(=O)n3CC(=O)NCc2ccco2)CC1. The first-order chi connectivity index (χ1) is 14.8. The highest BCUT2D eigenvalue weighted by atomic mass is 32.1. The third-order valence-corrected chi connectivity index (χ3v) is 6.71. The third-order valence-electron chi connectivity index (χ3n) is 5.62. The van der Waals surface area contributed by atoms with Crippen molar-refractivity contribution in [2.24, 2.45) is 5.92 Å². The van der Waals surface area contributed by atoms with Gasteiger partial charge in [-0.1, -0.05) is 18.3 Å². The predicted molar refractivity (Wildman–Crippen MR) is 120 cm³/mol. The minimum absolute atomic E-state index is 0.219. The number of amides is 1. The highest BCUT2D eigenvalue weighted by Crippen LogP contribution is 2.29. The topological polar surface area (TPSA) is 102 Å². The highest BCUT2D eigenvalue weighted by Gasteiger charge is 2.24. The summed E-state index contributed by atoms with van der Waals surface area (Å²) in [4.78, 5) is 45.6. The van der Waals surface area contributed by atoms with E-state index in [1.807, 2.05) is 0 Å². The fraction of sp³-hybridized carbons (Fsp3) is 0.524. The van der Waals surface area contributed by atoms with Crippen molar-refractivity contribution in [1.82, 2.24) is 19.4 Å². The van der Waals surface area contributed by atoms with Crippen molar-refractivity contribution in [3.05, 3.63) is 45.0 Å². The molecule has 0 atom stereocenters. The lowest BCUT2D eigenvalue weighted by Crippen LogP contribution is -2.43. The van der Waals surface area contributed by atoms with Crippen LogP contribution < -0.4 is 21.5 Å². The van der Waals surface area contributed by atoms with Crippen LogP contribution in [0, 0.1) is 5.92 Å². The molecule has 10 heteroatoms. The van der Waals surface area contributed by atoms with Crippen molar-refractivity contribution in [3.63, 3.8) is 0 Å². The van der Waals surface area contributed by atoms with E-state index in [2.05, 4.69) is 22.1 Å². The standard InChI is InChI=1S/C21H27N5O4S/c1-13(2)26-19(28)17-18(23-20(31-17)24-8-6-14(3)7-9-24)25(21(26)29)12-16(27)22-11-15-5-4-10-30-15/h4-5,10,13-14H,6-9,11-12H2,1-3H3,(H,22,27). The van der Waals surface area contributed by atoms with Crippen molar-refractivity contribution < 1.29 is 9.21 Å². The molecule has 4 rings (SSSR count). The third kappa shape index (κ3) is 4.30. The van der Waals surface area contributed by atoms with E-state index >= 15 is 0 Å². The largest absolute Gasteiger partial charge is 0.467 e. The maximum atomic E-state index is 13.1. The molecule has 0 radical (unpaired) electrons. The molecular formula is C21H27N5O4S. The van der Waals surface area contributed by atoms with Crippen molar-refractivity contribution in [2.75, 3.05) is 18.0 Å². The second-order valence-corrected chi connectivity index (χ2v) is 9.29. The molecule has 1 saturated heterocycles. The van der Waals surface area contributed by atoms with E-state index in [-0.39, 0.29) is 36.2 Å². The van der Waals surface area contributed by atoms with E-state index < -0.39 is 5.69 Å². The molecule has 0 bridgehead atoms. The molecule has 166 valence electrons. The fourth-order valence-electron chi connectivity index (χ4n) is 3.77. The Morgan fingerprint density at radius 3 is 2.71 bits per heavy atom. The summed E-state index contributed by atoms with van der Waals surface area (Å²) in [5.41, 5.74) is -0.597. The molecule has 0 saturated carbocycles. The number of hydrogen-bond acceptors (Lipinski definition) is 7. The number of piperidine rings is 1. The first-order valence-electron chi connectivity index (χ1n) is 10.5. The number of nitrogens with zero attached hydrogens (tertiary/aromatic N) is 4. The molecule has 9 nitrogen and oxygen atoms in total. The van der Waals surface area contributed by atoms with Crippen LogP contribution >= 0.6 is 11.3 Å². The lowest BCUT2D eigenvalue weighted by molar-refractivity contribution is -0.121. The smallest absolute Gasteiger partial charge is 0.333 e. The second kappa shape index (κ2) is 8.70. The van der Waals surface area contributed by atoms with Gasteiger partial charge in [-0.25, -0.2) is 9.78 Å². The Hall–Kier alpha value is -2.88. The summed E-state index contributed by atoms with van der Waals surface area (Å²) in [6.07, 6.45) is 3.66. The van der Waals surface area contributed by atoms with E-state index in [4.69, 9.17) is 4.42 Å². The number of furan rings is 1. The van der Waals surface area contributed by atoms with E-state index in [0.717, 1.165) is 31.1 Å². The van der Waals surface area contributed by atoms with Gasteiger partial charge >= 0.3 is 5.69 Å². The molecule has 1 fully saturated rings. The highest BCUT2D eigenvalue weighted by molar-refractivity contribution is 7.22. The fourth-order valence-corrected chi connectivity index (χ4v) is 4.83. The molecule has 1 amide bonds. The van der Waals surface area contributed by atoms with Crippen LogP contribution in [0.1, 0.15) is 45.4 Å². The zero-order valence-corrected chi connectivity index (χ0v) is 18.8. The van der Waals surface area contributed by atoms with Gasteiger partial charge in [-0.2, -0.15) is 0 Å². The number of anilines is 1. The Bertz CT molecular complexity index is 1180. The molecule has 4 heterocycles. The summed E-state index contributed by atoms with van der Waals surface area (Å²) in [5.74, 6) is 0.934. The van der Waals surface area contributed by atoms with Gasteiger partial charge in [0.25, 0.3) is 5.56 Å². The van der Waals surface area contributed by atoms with E-state index in [9.17, 15) is 14.4 Å². The summed E-state index contributed by atoms with van der Waals surface area (Å²) in [6.45, 7) is 7.54. The first kappa shape index (κ1) is 21.4. The monoisotopic (exact) mass is 445 g/mol. The van der Waals surface area contributed by atoms with Crippen LogP contribution in [0.25, 0.3) is 10.3 Å². The normalized spacial score (nSPS) is 15.2. The van der Waals surface area contributed by atoms with Gasteiger partial charge in [-0.3, -0.25) is 18.7 Å². The van der Waals surface area contributed by atoms with Crippen LogP contribution in [0.4, 0.5) is 5.13 Å². The molecule has 0 spiro atoms. The molecule has 1 aliphatic heterocycles. The zero-order valence-electron chi connectivity index (χ0n) is 18.0. The molecule has 3 aromatic heterocycles. The molecule has 0 aromatic carbocycles. The van der Waals surface area contributed by atoms with Gasteiger partial charge in [-0.05, 0) is 44.7 Å². The molecule has 3 aromatic rings. The molecular weight excluding hydrogens is 418 g/mol. The van der Waals surface area contributed by atoms with E-state index in [1.165, 1.54) is 26.7 Å². The van der Waals surface area contributed by atoms with Gasteiger partial charge in [0, 0.05) is 19.1 Å². The van der Waals surface area contributed by atoms with Gasteiger partial charge in [0.15, 0.2) is 10.8 Å². The number of nitrogens with one attached hydrogen (secondary N) is 1. The predicted octanol–water partition coefficient (Wildman–Crippen LogP) is 2.35. The Labute approximate surface area is 183 Å². The minimum atomic E-state index is -0.523. The van der Waals surface area contributed by atoms with Gasteiger partial charge < -0.3 is 14.6 Å². The lowest BCUT2D eigenvalue weighted by Gasteiger charge is -2.29. The Morgan fingerprint density at radius 2 is 2.06 bits per heavy atom. The number of carbonyl (C=O) groups excluding carboxylic acids is 1. The van der Waals surface area contributed by atoms with Gasteiger partial charge in [0.05, 0.1) is 12.8 Å². The average molecular weight is 446 g/mol. The molecule has 31 heavy (non-hydrogen) atoms. The van der Waals surface area contributed by atoms with Crippen LogP contribution in [0.15, 0.2) is 32.4 Å². The summed E-state index contributed by atoms with van der Waals surface area (Å²) >= 11 is 1.30. The maximum absolute atomic E-state index is 13.1.